The van der Waals surface area contributed by atoms with Crippen LogP contribution in [-0.2, 0) is 10.8 Å². The molecule has 0 amide bonds. The van der Waals surface area contributed by atoms with Crippen molar-refractivity contribution in [2.45, 2.75) is 30.8 Å². The summed E-state index contributed by atoms with van der Waals surface area (Å²) in [6.45, 7) is 4.21. The first-order valence-electron chi connectivity index (χ1n) is 7.87. The Bertz CT molecular complexity index is 700. The Morgan fingerprint density at radius 2 is 1.62 bits per heavy atom. The molecule has 3 unspecified atom stereocenters. The summed E-state index contributed by atoms with van der Waals surface area (Å²) in [7, 11) is 2.38. The summed E-state index contributed by atoms with van der Waals surface area (Å²) in [4.78, 5) is 0.841. The quantitative estimate of drug-likeness (QED) is 0.826. The molecule has 24 heavy (non-hydrogen) atoms. The molecule has 130 valence electrons. The molecule has 0 spiro atoms. The minimum absolute atomic E-state index is 0.0880. The van der Waals surface area contributed by atoms with Gasteiger partial charge in [0.05, 0.1) is 14.2 Å². The standard InChI is InChI=1S/C19H25NO3S/c1-13(15-6-9-17(10-7-15)24(5)21)20-14(2)18-12-16(22-3)8-11-19(18)23-4/h6-14,20H,1-5H3. The highest BCUT2D eigenvalue weighted by atomic mass is 32.2. The Morgan fingerprint density at radius 3 is 2.17 bits per heavy atom. The van der Waals surface area contributed by atoms with E-state index in [0.717, 1.165) is 27.5 Å². The van der Waals surface area contributed by atoms with Crippen molar-refractivity contribution in [2.24, 2.45) is 0 Å². The normalized spacial score (nSPS) is 14.7. The zero-order valence-electron chi connectivity index (χ0n) is 14.8. The Balaban J connectivity index is 2.16. The summed E-state index contributed by atoms with van der Waals surface area (Å²) >= 11 is 0. The summed E-state index contributed by atoms with van der Waals surface area (Å²) in [5.74, 6) is 1.64. The van der Waals surface area contributed by atoms with E-state index in [-0.39, 0.29) is 12.1 Å². The van der Waals surface area contributed by atoms with Crippen LogP contribution in [0.1, 0.15) is 37.1 Å². The molecule has 0 heterocycles. The van der Waals surface area contributed by atoms with E-state index in [9.17, 15) is 4.21 Å². The predicted molar refractivity (Wildman–Crippen MR) is 98.3 cm³/mol. The maximum Gasteiger partial charge on any atom is 0.123 e. The lowest BCUT2D eigenvalue weighted by Gasteiger charge is -2.23. The van der Waals surface area contributed by atoms with Crippen molar-refractivity contribution >= 4 is 10.8 Å². The molecular weight excluding hydrogens is 322 g/mol. The Labute approximate surface area is 146 Å². The van der Waals surface area contributed by atoms with Crippen LogP contribution in [0.2, 0.25) is 0 Å². The molecule has 0 aromatic heterocycles. The molecule has 4 nitrogen and oxygen atoms in total. The van der Waals surface area contributed by atoms with Crippen LogP contribution in [0.15, 0.2) is 47.4 Å². The van der Waals surface area contributed by atoms with Crippen LogP contribution in [0.5, 0.6) is 11.5 Å². The monoisotopic (exact) mass is 347 g/mol. The first-order chi connectivity index (χ1) is 11.5. The van der Waals surface area contributed by atoms with Crippen LogP contribution in [0.3, 0.4) is 0 Å². The highest BCUT2D eigenvalue weighted by molar-refractivity contribution is 7.84. The lowest BCUT2D eigenvalue weighted by atomic mass is 10.0. The van der Waals surface area contributed by atoms with E-state index in [1.54, 1.807) is 20.5 Å². The summed E-state index contributed by atoms with van der Waals surface area (Å²) in [5, 5.41) is 3.58. The number of nitrogens with one attached hydrogen (secondary N) is 1. The van der Waals surface area contributed by atoms with Crippen LogP contribution < -0.4 is 14.8 Å². The number of ether oxygens (including phenoxy) is 2. The van der Waals surface area contributed by atoms with Gasteiger partial charge in [0.15, 0.2) is 0 Å². The first-order valence-corrected chi connectivity index (χ1v) is 9.43. The third kappa shape index (κ3) is 4.36. The molecule has 5 heteroatoms. The average molecular weight is 347 g/mol. The second-order valence-corrected chi connectivity index (χ2v) is 7.12. The average Bonchev–Trinajstić information content (AvgIpc) is 2.60. The van der Waals surface area contributed by atoms with E-state index < -0.39 is 10.8 Å². The number of methoxy groups -OCH3 is 2. The van der Waals surface area contributed by atoms with Gasteiger partial charge in [-0.1, -0.05) is 12.1 Å². The molecule has 0 radical (unpaired) electrons. The fraction of sp³-hybridized carbons (Fsp3) is 0.368. The molecule has 0 aliphatic heterocycles. The zero-order chi connectivity index (χ0) is 17.7. The van der Waals surface area contributed by atoms with Crippen molar-refractivity contribution in [1.29, 1.82) is 0 Å². The summed E-state index contributed by atoms with van der Waals surface area (Å²) in [5.41, 5.74) is 2.20. The highest BCUT2D eigenvalue weighted by Gasteiger charge is 2.16. The first kappa shape index (κ1) is 18.5. The van der Waals surface area contributed by atoms with E-state index in [2.05, 4.69) is 19.2 Å². The molecule has 0 aliphatic carbocycles. The lowest BCUT2D eigenvalue weighted by Crippen LogP contribution is -2.23. The van der Waals surface area contributed by atoms with E-state index >= 15 is 0 Å². The SMILES string of the molecule is COc1ccc(OC)c(C(C)NC(C)c2ccc(S(C)=O)cc2)c1. The highest BCUT2D eigenvalue weighted by Crippen LogP contribution is 2.30. The van der Waals surface area contributed by atoms with Crippen molar-refractivity contribution in [1.82, 2.24) is 5.32 Å². The Kier molecular flexibility index (Phi) is 6.40. The van der Waals surface area contributed by atoms with Gasteiger partial charge >= 0.3 is 0 Å². The van der Waals surface area contributed by atoms with Gasteiger partial charge in [-0.25, -0.2) is 0 Å². The van der Waals surface area contributed by atoms with Gasteiger partial charge in [0.2, 0.25) is 0 Å². The van der Waals surface area contributed by atoms with Gasteiger partial charge in [-0.15, -0.1) is 0 Å². The van der Waals surface area contributed by atoms with Crippen molar-refractivity contribution in [3.05, 3.63) is 53.6 Å². The van der Waals surface area contributed by atoms with Crippen LogP contribution in [0, 0.1) is 0 Å². The smallest absolute Gasteiger partial charge is 0.123 e. The summed E-state index contributed by atoms with van der Waals surface area (Å²) in [6.07, 6.45) is 1.69. The fourth-order valence-corrected chi connectivity index (χ4v) is 3.21. The van der Waals surface area contributed by atoms with Gasteiger partial charge in [0, 0.05) is 39.6 Å². The van der Waals surface area contributed by atoms with Crippen molar-refractivity contribution < 1.29 is 13.7 Å². The van der Waals surface area contributed by atoms with Gasteiger partial charge in [-0.3, -0.25) is 4.21 Å². The van der Waals surface area contributed by atoms with Gasteiger partial charge in [-0.2, -0.15) is 0 Å². The maximum absolute atomic E-state index is 11.5. The lowest BCUT2D eigenvalue weighted by molar-refractivity contribution is 0.387. The molecule has 0 fully saturated rings. The summed E-state index contributed by atoms with van der Waals surface area (Å²) in [6, 6.07) is 13.9. The Hall–Kier alpha value is -1.85. The van der Waals surface area contributed by atoms with Gasteiger partial charge in [0.1, 0.15) is 11.5 Å². The predicted octanol–water partition coefficient (Wildman–Crippen LogP) is 3.85. The number of hydrogen-bond acceptors (Lipinski definition) is 4. The summed E-state index contributed by atoms with van der Waals surface area (Å²) < 4.78 is 22.3. The molecule has 2 aromatic carbocycles. The fourth-order valence-electron chi connectivity index (χ4n) is 2.69. The van der Waals surface area contributed by atoms with E-state index in [4.69, 9.17) is 9.47 Å². The molecule has 2 rings (SSSR count). The van der Waals surface area contributed by atoms with Crippen LogP contribution in [0.4, 0.5) is 0 Å². The number of hydrogen-bond donors (Lipinski definition) is 1. The molecule has 2 aromatic rings. The third-order valence-electron chi connectivity index (χ3n) is 4.12. The molecule has 0 saturated heterocycles. The van der Waals surface area contributed by atoms with E-state index in [0.29, 0.717) is 0 Å². The molecular formula is C19H25NO3S. The van der Waals surface area contributed by atoms with Gasteiger partial charge in [0.25, 0.3) is 0 Å². The van der Waals surface area contributed by atoms with E-state index in [1.807, 2.05) is 42.5 Å². The second kappa shape index (κ2) is 8.31. The molecule has 3 atom stereocenters. The van der Waals surface area contributed by atoms with Crippen LogP contribution in [-0.4, -0.2) is 24.7 Å². The molecule has 0 saturated carbocycles. The molecule has 0 bridgehead atoms. The van der Waals surface area contributed by atoms with E-state index in [1.165, 1.54) is 0 Å². The van der Waals surface area contributed by atoms with Crippen molar-refractivity contribution in [2.75, 3.05) is 20.5 Å². The maximum atomic E-state index is 11.5. The Morgan fingerprint density at radius 1 is 0.958 bits per heavy atom. The number of rotatable bonds is 7. The van der Waals surface area contributed by atoms with Crippen LogP contribution in [0.25, 0.3) is 0 Å². The van der Waals surface area contributed by atoms with Gasteiger partial charge in [-0.05, 0) is 49.7 Å². The minimum atomic E-state index is -0.950. The molecule has 1 N–H and O–H groups in total. The largest absolute Gasteiger partial charge is 0.497 e. The van der Waals surface area contributed by atoms with Crippen molar-refractivity contribution in [3.8, 4) is 11.5 Å². The number of benzene rings is 2. The minimum Gasteiger partial charge on any atom is -0.497 e. The molecule has 0 aliphatic rings. The topological polar surface area (TPSA) is 47.6 Å². The van der Waals surface area contributed by atoms with Crippen LogP contribution >= 0.6 is 0 Å². The zero-order valence-corrected chi connectivity index (χ0v) is 15.6. The van der Waals surface area contributed by atoms with Crippen molar-refractivity contribution in [3.63, 3.8) is 0 Å². The van der Waals surface area contributed by atoms with Gasteiger partial charge < -0.3 is 14.8 Å². The second-order valence-electron chi connectivity index (χ2n) is 5.74. The third-order valence-corrected chi connectivity index (χ3v) is 5.05.